The van der Waals surface area contributed by atoms with E-state index < -0.39 is 0 Å². The van der Waals surface area contributed by atoms with E-state index in [1.165, 1.54) is 19.7 Å². The van der Waals surface area contributed by atoms with Crippen molar-refractivity contribution in [2.75, 3.05) is 11.9 Å². The van der Waals surface area contributed by atoms with Crippen LogP contribution in [0.5, 0.6) is 0 Å². The average Bonchev–Trinajstić information content (AvgIpc) is 2.68. The van der Waals surface area contributed by atoms with Crippen LogP contribution in [0, 0.1) is 0 Å². The molecule has 0 bridgehead atoms. The predicted octanol–water partition coefficient (Wildman–Crippen LogP) is 3.83. The van der Waals surface area contributed by atoms with Crippen molar-refractivity contribution in [1.29, 1.82) is 0 Å². The molecule has 0 radical (unpaired) electrons. The van der Waals surface area contributed by atoms with E-state index in [4.69, 9.17) is 0 Å². The van der Waals surface area contributed by atoms with Crippen LogP contribution in [0.2, 0.25) is 0 Å². The summed E-state index contributed by atoms with van der Waals surface area (Å²) in [6, 6.07) is 9.13. The Bertz CT molecular complexity index is 789. The first-order valence-electron chi connectivity index (χ1n) is 9.09. The minimum Gasteiger partial charge on any atom is -0.340 e. The molecule has 1 amide bonds. The van der Waals surface area contributed by atoms with Gasteiger partial charge in [-0.3, -0.25) is 9.59 Å². The van der Waals surface area contributed by atoms with Crippen LogP contribution in [0.1, 0.15) is 60.4 Å². The fourth-order valence-corrected chi connectivity index (χ4v) is 3.32. The monoisotopic (exact) mass is 352 g/mol. The quantitative estimate of drug-likeness (QED) is 0.828. The number of carbonyl (C=O) groups is 2. The fourth-order valence-electron chi connectivity index (χ4n) is 3.32. The van der Waals surface area contributed by atoms with Crippen LogP contribution >= 0.6 is 0 Å². The molecular weight excluding hydrogens is 328 g/mol. The number of nitrogens with zero attached hydrogens (tertiary/aromatic N) is 3. The summed E-state index contributed by atoms with van der Waals surface area (Å²) in [6.45, 7) is 4.44. The molecule has 3 rings (SSSR count). The smallest absolute Gasteiger partial charge is 0.272 e. The minimum atomic E-state index is -0.0334. The molecule has 26 heavy (non-hydrogen) atoms. The highest BCUT2D eigenvalue weighted by Crippen LogP contribution is 2.22. The Labute approximate surface area is 153 Å². The van der Waals surface area contributed by atoms with Crippen LogP contribution in [0.4, 0.5) is 11.5 Å². The number of likely N-dealkylation sites (tertiary alicyclic amines) is 1. The van der Waals surface area contributed by atoms with Gasteiger partial charge in [0, 0.05) is 29.9 Å². The van der Waals surface area contributed by atoms with E-state index >= 15 is 0 Å². The third kappa shape index (κ3) is 4.07. The standard InChI is InChI=1S/C20H24N4O2/c1-3-17-6-4-5-11-24(17)20(26)18-12-19(22-13-21-18)23-16-9-7-15(8-10-16)14(2)25/h7-10,12-13,17H,3-6,11H2,1-2H3,(H,21,22,23). The summed E-state index contributed by atoms with van der Waals surface area (Å²) in [6.07, 6.45) is 5.64. The number of Topliss-reactive ketones (excluding diaryl/α,β-unsaturated/α-hetero) is 1. The third-order valence-electron chi connectivity index (χ3n) is 4.81. The molecule has 1 unspecified atom stereocenters. The van der Waals surface area contributed by atoms with Crippen LogP contribution in [0.3, 0.4) is 0 Å². The Hall–Kier alpha value is -2.76. The van der Waals surface area contributed by atoms with Gasteiger partial charge < -0.3 is 10.2 Å². The topological polar surface area (TPSA) is 75.2 Å². The number of rotatable bonds is 5. The van der Waals surface area contributed by atoms with Crippen molar-refractivity contribution in [3.63, 3.8) is 0 Å². The van der Waals surface area contributed by atoms with Crippen LogP contribution in [-0.4, -0.2) is 39.1 Å². The number of hydrogen-bond acceptors (Lipinski definition) is 5. The maximum atomic E-state index is 12.9. The number of ketones is 1. The van der Waals surface area contributed by atoms with Crippen molar-refractivity contribution < 1.29 is 9.59 Å². The number of amides is 1. The number of hydrogen-bond donors (Lipinski definition) is 1. The highest BCUT2D eigenvalue weighted by atomic mass is 16.2. The summed E-state index contributed by atoms with van der Waals surface area (Å²) in [7, 11) is 0. The van der Waals surface area contributed by atoms with Gasteiger partial charge in [0.05, 0.1) is 0 Å². The molecule has 6 heteroatoms. The van der Waals surface area contributed by atoms with Gasteiger partial charge >= 0.3 is 0 Å². The molecule has 1 N–H and O–H groups in total. The third-order valence-corrected chi connectivity index (χ3v) is 4.81. The van der Waals surface area contributed by atoms with E-state index in [2.05, 4.69) is 22.2 Å². The van der Waals surface area contributed by atoms with Gasteiger partial charge in [-0.15, -0.1) is 0 Å². The summed E-state index contributed by atoms with van der Waals surface area (Å²) < 4.78 is 0. The van der Waals surface area contributed by atoms with Crippen molar-refractivity contribution in [3.8, 4) is 0 Å². The molecule has 1 aliphatic rings. The second-order valence-electron chi connectivity index (χ2n) is 6.60. The summed E-state index contributed by atoms with van der Waals surface area (Å²) in [5.41, 5.74) is 1.87. The lowest BCUT2D eigenvalue weighted by atomic mass is 9.99. The molecule has 136 valence electrons. The van der Waals surface area contributed by atoms with Crippen molar-refractivity contribution in [2.45, 2.75) is 45.6 Å². The van der Waals surface area contributed by atoms with Crippen molar-refractivity contribution >= 4 is 23.2 Å². The number of anilines is 2. The van der Waals surface area contributed by atoms with Crippen molar-refractivity contribution in [2.24, 2.45) is 0 Å². The van der Waals surface area contributed by atoms with E-state index in [9.17, 15) is 9.59 Å². The lowest BCUT2D eigenvalue weighted by molar-refractivity contribution is 0.0601. The van der Waals surface area contributed by atoms with Gasteiger partial charge in [-0.1, -0.05) is 6.92 Å². The molecule has 2 heterocycles. The first-order valence-corrected chi connectivity index (χ1v) is 9.09. The van der Waals surface area contributed by atoms with Crippen LogP contribution < -0.4 is 5.32 Å². The summed E-state index contributed by atoms with van der Waals surface area (Å²) in [5.74, 6) is 0.552. The highest BCUT2D eigenvalue weighted by molar-refractivity contribution is 5.94. The number of nitrogens with one attached hydrogen (secondary N) is 1. The van der Waals surface area contributed by atoms with E-state index in [-0.39, 0.29) is 11.7 Å². The van der Waals surface area contributed by atoms with Crippen LogP contribution in [0.15, 0.2) is 36.7 Å². The second-order valence-corrected chi connectivity index (χ2v) is 6.60. The molecule has 1 fully saturated rings. The summed E-state index contributed by atoms with van der Waals surface area (Å²) in [5, 5.41) is 3.16. The van der Waals surface area contributed by atoms with E-state index in [1.807, 2.05) is 17.0 Å². The van der Waals surface area contributed by atoms with Gasteiger partial charge in [0.1, 0.15) is 17.8 Å². The Kier molecular flexibility index (Phi) is 5.61. The molecule has 0 spiro atoms. The lowest BCUT2D eigenvalue weighted by Crippen LogP contribution is -2.43. The van der Waals surface area contributed by atoms with Crippen LogP contribution in [-0.2, 0) is 0 Å². The molecule has 6 nitrogen and oxygen atoms in total. The van der Waals surface area contributed by atoms with E-state index in [0.29, 0.717) is 23.1 Å². The van der Waals surface area contributed by atoms with Crippen LogP contribution in [0.25, 0.3) is 0 Å². The van der Waals surface area contributed by atoms with E-state index in [1.54, 1.807) is 18.2 Å². The minimum absolute atomic E-state index is 0.0264. The zero-order valence-electron chi connectivity index (χ0n) is 15.2. The van der Waals surface area contributed by atoms with E-state index in [0.717, 1.165) is 31.5 Å². The SMILES string of the molecule is CCC1CCCCN1C(=O)c1cc(Nc2ccc(C(C)=O)cc2)ncn1. The number of carbonyl (C=O) groups excluding carboxylic acids is 2. The van der Waals surface area contributed by atoms with Crippen molar-refractivity contribution in [1.82, 2.24) is 14.9 Å². The van der Waals surface area contributed by atoms with Gasteiger partial charge in [0.15, 0.2) is 5.78 Å². The molecular formula is C20H24N4O2. The highest BCUT2D eigenvalue weighted by Gasteiger charge is 2.27. The van der Waals surface area contributed by atoms with Gasteiger partial charge in [0.25, 0.3) is 5.91 Å². The first-order chi connectivity index (χ1) is 12.6. The van der Waals surface area contributed by atoms with Gasteiger partial charge in [-0.2, -0.15) is 0 Å². The maximum Gasteiger partial charge on any atom is 0.272 e. The number of piperidine rings is 1. The maximum absolute atomic E-state index is 12.9. The lowest BCUT2D eigenvalue weighted by Gasteiger charge is -2.35. The summed E-state index contributed by atoms with van der Waals surface area (Å²) in [4.78, 5) is 34.5. The Morgan fingerprint density at radius 3 is 2.65 bits per heavy atom. The van der Waals surface area contributed by atoms with Gasteiger partial charge in [0.2, 0.25) is 0 Å². The molecule has 0 saturated carbocycles. The molecule has 1 saturated heterocycles. The molecule has 2 aromatic rings. The average molecular weight is 352 g/mol. The zero-order chi connectivity index (χ0) is 18.5. The second kappa shape index (κ2) is 8.08. The Balaban J connectivity index is 1.75. The van der Waals surface area contributed by atoms with Crippen molar-refractivity contribution in [3.05, 3.63) is 47.9 Å². The Morgan fingerprint density at radius 2 is 1.96 bits per heavy atom. The molecule has 1 aromatic carbocycles. The fraction of sp³-hybridized carbons (Fsp3) is 0.400. The largest absolute Gasteiger partial charge is 0.340 e. The number of aromatic nitrogens is 2. The van der Waals surface area contributed by atoms with Gasteiger partial charge in [-0.25, -0.2) is 9.97 Å². The molecule has 0 aliphatic carbocycles. The first kappa shape index (κ1) is 18.0. The number of benzene rings is 1. The molecule has 1 aromatic heterocycles. The molecule has 1 aliphatic heterocycles. The molecule has 1 atom stereocenters. The summed E-state index contributed by atoms with van der Waals surface area (Å²) >= 11 is 0. The zero-order valence-corrected chi connectivity index (χ0v) is 15.2. The predicted molar refractivity (Wildman–Crippen MR) is 101 cm³/mol. The normalized spacial score (nSPS) is 17.0. The van der Waals surface area contributed by atoms with Gasteiger partial charge in [-0.05, 0) is 56.9 Å². The Morgan fingerprint density at radius 1 is 1.19 bits per heavy atom.